The zero-order chi connectivity index (χ0) is 15.5. The largest absolute Gasteiger partial charge is 0.383 e. The third-order valence-electron chi connectivity index (χ3n) is 4.18. The maximum absolute atomic E-state index is 5.98. The van der Waals surface area contributed by atoms with Gasteiger partial charge in [0.1, 0.15) is 11.6 Å². The normalized spacial score (nSPS) is 16.0. The van der Waals surface area contributed by atoms with Crippen molar-refractivity contribution in [3.8, 4) is 0 Å². The van der Waals surface area contributed by atoms with Crippen LogP contribution in [0.3, 0.4) is 0 Å². The van der Waals surface area contributed by atoms with Gasteiger partial charge in [0.2, 0.25) is 0 Å². The number of hydrogen-bond donors (Lipinski definition) is 1. The highest BCUT2D eigenvalue weighted by atomic mass is 15.3. The number of benzene rings is 1. The molecule has 1 aliphatic rings. The van der Waals surface area contributed by atoms with Crippen LogP contribution in [-0.2, 0) is 6.54 Å². The molecule has 1 saturated heterocycles. The van der Waals surface area contributed by atoms with Crippen LogP contribution in [0.5, 0.6) is 0 Å². The van der Waals surface area contributed by atoms with Crippen LogP contribution in [0.1, 0.15) is 17.0 Å². The first kappa shape index (κ1) is 14.8. The number of nitrogen functional groups attached to an aromatic ring is 1. The van der Waals surface area contributed by atoms with Crippen molar-refractivity contribution < 1.29 is 0 Å². The van der Waals surface area contributed by atoms with Gasteiger partial charge in [0.25, 0.3) is 0 Å². The summed E-state index contributed by atoms with van der Waals surface area (Å²) < 4.78 is 0. The van der Waals surface area contributed by atoms with Crippen LogP contribution in [-0.4, -0.2) is 41.0 Å². The molecule has 1 aromatic heterocycles. The second kappa shape index (κ2) is 6.32. The summed E-state index contributed by atoms with van der Waals surface area (Å²) in [6.07, 6.45) is 1.85. The molecule has 5 nitrogen and oxygen atoms in total. The van der Waals surface area contributed by atoms with Crippen molar-refractivity contribution in [2.24, 2.45) is 0 Å². The molecule has 1 aliphatic heterocycles. The van der Waals surface area contributed by atoms with E-state index in [1.807, 2.05) is 13.1 Å². The Balaban J connectivity index is 1.58. The Morgan fingerprint density at radius 3 is 2.36 bits per heavy atom. The highest BCUT2D eigenvalue weighted by molar-refractivity contribution is 5.48. The fourth-order valence-corrected chi connectivity index (χ4v) is 2.79. The molecule has 0 aliphatic carbocycles. The highest BCUT2D eigenvalue weighted by Gasteiger charge is 2.18. The first-order valence-corrected chi connectivity index (χ1v) is 7.74. The van der Waals surface area contributed by atoms with Gasteiger partial charge in [-0.2, -0.15) is 0 Å². The summed E-state index contributed by atoms with van der Waals surface area (Å²) in [7, 11) is 0. The second-order valence-corrected chi connectivity index (χ2v) is 5.93. The number of nitrogens with two attached hydrogens (primary N) is 1. The van der Waals surface area contributed by atoms with Gasteiger partial charge in [0, 0.05) is 50.2 Å². The molecule has 0 bridgehead atoms. The van der Waals surface area contributed by atoms with Crippen molar-refractivity contribution in [1.82, 2.24) is 14.9 Å². The van der Waals surface area contributed by atoms with Gasteiger partial charge < -0.3 is 10.6 Å². The van der Waals surface area contributed by atoms with Crippen LogP contribution in [0.25, 0.3) is 0 Å². The summed E-state index contributed by atoms with van der Waals surface area (Å²) in [5.74, 6) is 1.33. The molecule has 2 heterocycles. The van der Waals surface area contributed by atoms with Crippen LogP contribution in [0, 0.1) is 13.8 Å². The Bertz CT molecular complexity index is 630. The third kappa shape index (κ3) is 3.36. The minimum absolute atomic E-state index is 0.605. The molecule has 0 atom stereocenters. The molecule has 0 saturated carbocycles. The number of nitrogens with zero attached hydrogens (tertiary/aromatic N) is 4. The Hall–Kier alpha value is -2.14. The fraction of sp³-hybridized carbons (Fsp3) is 0.412. The second-order valence-electron chi connectivity index (χ2n) is 5.93. The summed E-state index contributed by atoms with van der Waals surface area (Å²) in [6.45, 7) is 8.94. The Morgan fingerprint density at radius 2 is 1.73 bits per heavy atom. The standard InChI is InChI=1S/C17H23N5/c1-13-3-5-16(6-4-13)22-9-7-21(8-10-22)12-15-11-19-14(2)20-17(15)18/h3-6,11H,7-10,12H2,1-2H3,(H2,18,19,20). The zero-order valence-electron chi connectivity index (χ0n) is 13.3. The third-order valence-corrected chi connectivity index (χ3v) is 4.18. The van der Waals surface area contributed by atoms with Crippen LogP contribution in [0.2, 0.25) is 0 Å². The lowest BCUT2D eigenvalue weighted by Gasteiger charge is -2.36. The van der Waals surface area contributed by atoms with Gasteiger partial charge in [-0.05, 0) is 26.0 Å². The zero-order valence-corrected chi connectivity index (χ0v) is 13.3. The van der Waals surface area contributed by atoms with E-state index in [1.165, 1.54) is 11.3 Å². The van der Waals surface area contributed by atoms with E-state index in [0.29, 0.717) is 5.82 Å². The fourth-order valence-electron chi connectivity index (χ4n) is 2.79. The quantitative estimate of drug-likeness (QED) is 0.939. The molecule has 0 radical (unpaired) electrons. The van der Waals surface area contributed by atoms with E-state index in [4.69, 9.17) is 5.73 Å². The van der Waals surface area contributed by atoms with Crippen LogP contribution < -0.4 is 10.6 Å². The number of rotatable bonds is 3. The average Bonchev–Trinajstić information content (AvgIpc) is 2.52. The molecule has 3 rings (SSSR count). The van der Waals surface area contributed by atoms with Gasteiger partial charge in [-0.25, -0.2) is 9.97 Å². The maximum Gasteiger partial charge on any atom is 0.131 e. The molecule has 1 fully saturated rings. The molecule has 22 heavy (non-hydrogen) atoms. The molecule has 0 amide bonds. The number of piperazine rings is 1. The lowest BCUT2D eigenvalue weighted by atomic mass is 10.2. The van der Waals surface area contributed by atoms with E-state index in [1.54, 1.807) is 0 Å². The number of aryl methyl sites for hydroxylation is 2. The minimum Gasteiger partial charge on any atom is -0.383 e. The van der Waals surface area contributed by atoms with Crippen LogP contribution in [0.4, 0.5) is 11.5 Å². The molecule has 2 aromatic rings. The monoisotopic (exact) mass is 297 g/mol. The van der Waals surface area contributed by atoms with Gasteiger partial charge in [-0.3, -0.25) is 4.90 Å². The molecule has 116 valence electrons. The van der Waals surface area contributed by atoms with Gasteiger partial charge in [0.15, 0.2) is 0 Å². The number of anilines is 2. The summed E-state index contributed by atoms with van der Waals surface area (Å²) in [5, 5.41) is 0. The van der Waals surface area contributed by atoms with E-state index < -0.39 is 0 Å². The highest BCUT2D eigenvalue weighted by Crippen LogP contribution is 2.18. The lowest BCUT2D eigenvalue weighted by molar-refractivity contribution is 0.250. The smallest absolute Gasteiger partial charge is 0.131 e. The topological polar surface area (TPSA) is 58.3 Å². The van der Waals surface area contributed by atoms with E-state index in [9.17, 15) is 0 Å². The predicted molar refractivity (Wildman–Crippen MR) is 89.9 cm³/mol. The summed E-state index contributed by atoms with van der Waals surface area (Å²) in [4.78, 5) is 13.3. The molecular weight excluding hydrogens is 274 g/mol. The van der Waals surface area contributed by atoms with Crippen LogP contribution >= 0.6 is 0 Å². The van der Waals surface area contributed by atoms with Crippen molar-refractivity contribution in [3.05, 3.63) is 47.4 Å². The van der Waals surface area contributed by atoms with Gasteiger partial charge in [0.05, 0.1) is 0 Å². The summed E-state index contributed by atoms with van der Waals surface area (Å²) in [6, 6.07) is 8.76. The predicted octanol–water partition coefficient (Wildman–Crippen LogP) is 2.00. The Labute approximate surface area is 131 Å². The number of aromatic nitrogens is 2. The maximum atomic E-state index is 5.98. The summed E-state index contributed by atoms with van der Waals surface area (Å²) in [5.41, 5.74) is 9.62. The number of hydrogen-bond acceptors (Lipinski definition) is 5. The molecule has 0 unspecified atom stereocenters. The van der Waals surface area contributed by atoms with Crippen molar-refractivity contribution in [2.45, 2.75) is 20.4 Å². The molecular formula is C17H23N5. The first-order valence-electron chi connectivity index (χ1n) is 7.74. The molecule has 5 heteroatoms. The van der Waals surface area contributed by atoms with Crippen LogP contribution in [0.15, 0.2) is 30.5 Å². The van der Waals surface area contributed by atoms with Crippen molar-refractivity contribution in [2.75, 3.05) is 36.8 Å². The van der Waals surface area contributed by atoms with E-state index in [2.05, 4.69) is 51.0 Å². The lowest BCUT2D eigenvalue weighted by Crippen LogP contribution is -2.46. The van der Waals surface area contributed by atoms with E-state index in [-0.39, 0.29) is 0 Å². The SMILES string of the molecule is Cc1ccc(N2CCN(Cc3cnc(C)nc3N)CC2)cc1. The average molecular weight is 297 g/mol. The van der Waals surface area contributed by atoms with Gasteiger partial charge in [-0.1, -0.05) is 17.7 Å². The Kier molecular flexibility index (Phi) is 4.24. The molecule has 2 N–H and O–H groups in total. The van der Waals surface area contributed by atoms with Crippen molar-refractivity contribution >= 4 is 11.5 Å². The van der Waals surface area contributed by atoms with E-state index >= 15 is 0 Å². The minimum atomic E-state index is 0.605. The van der Waals surface area contributed by atoms with Gasteiger partial charge in [-0.15, -0.1) is 0 Å². The van der Waals surface area contributed by atoms with Gasteiger partial charge >= 0.3 is 0 Å². The van der Waals surface area contributed by atoms with Crippen molar-refractivity contribution in [1.29, 1.82) is 0 Å². The van der Waals surface area contributed by atoms with Crippen molar-refractivity contribution in [3.63, 3.8) is 0 Å². The Morgan fingerprint density at radius 1 is 1.05 bits per heavy atom. The van der Waals surface area contributed by atoms with E-state index in [0.717, 1.165) is 44.1 Å². The first-order chi connectivity index (χ1) is 10.6. The molecule has 1 aromatic carbocycles. The molecule has 0 spiro atoms. The summed E-state index contributed by atoms with van der Waals surface area (Å²) >= 11 is 0.